The van der Waals surface area contributed by atoms with Gasteiger partial charge in [-0.3, -0.25) is 19.3 Å². The Labute approximate surface area is 344 Å². The van der Waals surface area contributed by atoms with Crippen LogP contribution in [0.5, 0.6) is 0 Å². The van der Waals surface area contributed by atoms with E-state index in [1.807, 2.05) is 93.6 Å². The number of piperidine rings is 1. The van der Waals surface area contributed by atoms with Gasteiger partial charge in [0.15, 0.2) is 6.29 Å². The molecule has 0 spiro atoms. The first-order valence-electron chi connectivity index (χ1n) is 21.1. The van der Waals surface area contributed by atoms with E-state index in [4.69, 9.17) is 9.47 Å². The maximum absolute atomic E-state index is 13.8. The van der Waals surface area contributed by atoms with Crippen molar-refractivity contribution < 1.29 is 42.1 Å². The number of carbonyl (C=O) groups is 3. The highest BCUT2D eigenvalue weighted by molar-refractivity contribution is 5.90. The second-order valence-electron chi connectivity index (χ2n) is 17.7. The number of likely N-dealkylation sites (tertiary alicyclic amines) is 2. The number of carbonyl (C=O) groups excluding carboxylic acids is 3. The molecule has 7 atom stereocenters. The molecule has 3 amide bonds. The molecule has 3 aromatic rings. The van der Waals surface area contributed by atoms with E-state index in [1.54, 1.807) is 0 Å². The highest BCUT2D eigenvalue weighted by Crippen LogP contribution is 2.42. The van der Waals surface area contributed by atoms with Crippen LogP contribution in [-0.4, -0.2) is 81.7 Å². The fourth-order valence-electron chi connectivity index (χ4n) is 9.44. The summed E-state index contributed by atoms with van der Waals surface area (Å²) in [7, 11) is 0. The molecule has 4 aliphatic rings. The zero-order chi connectivity index (χ0) is 41.9. The number of aliphatic hydroxyl groups is 1. The summed E-state index contributed by atoms with van der Waals surface area (Å²) >= 11 is 0. The Morgan fingerprint density at radius 3 is 2.22 bits per heavy atom. The number of hydrogen-bond acceptors (Lipinski definition) is 7. The second-order valence-corrected chi connectivity index (χ2v) is 17.7. The lowest BCUT2D eigenvalue weighted by Gasteiger charge is -2.50. The van der Waals surface area contributed by atoms with Crippen LogP contribution < -0.4 is 10.6 Å². The number of amides is 3. The number of ether oxygens (including phenoxy) is 2. The van der Waals surface area contributed by atoms with Gasteiger partial charge >= 0.3 is 12.1 Å². The molecule has 13 heteroatoms. The summed E-state index contributed by atoms with van der Waals surface area (Å²) in [6.07, 6.45) is 1.40. The topological polar surface area (TPSA) is 120 Å². The van der Waals surface area contributed by atoms with E-state index in [-0.39, 0.29) is 55.8 Å². The van der Waals surface area contributed by atoms with Crippen LogP contribution in [-0.2, 0) is 37.0 Å². The molecule has 318 valence electrons. The Morgan fingerprint density at radius 2 is 1.51 bits per heavy atom. The van der Waals surface area contributed by atoms with Crippen molar-refractivity contribution in [3.05, 3.63) is 95.1 Å². The predicted octanol–water partition coefficient (Wildman–Crippen LogP) is 7.50. The summed E-state index contributed by atoms with van der Waals surface area (Å²) in [5.74, 6) is -1.96. The minimum atomic E-state index is -5.03. The summed E-state index contributed by atoms with van der Waals surface area (Å²) in [6.45, 7) is 6.60. The number of aliphatic hydroxyl groups excluding tert-OH is 1. The van der Waals surface area contributed by atoms with E-state index in [9.17, 15) is 32.7 Å². The number of rotatable bonds is 10. The quantitative estimate of drug-likeness (QED) is 0.194. The minimum Gasteiger partial charge on any atom is -0.392 e. The van der Waals surface area contributed by atoms with Crippen molar-refractivity contribution in [1.82, 2.24) is 20.4 Å². The number of halogens is 3. The van der Waals surface area contributed by atoms with Gasteiger partial charge in [0.1, 0.15) is 6.04 Å². The second kappa shape index (κ2) is 18.1. The van der Waals surface area contributed by atoms with E-state index in [0.29, 0.717) is 36.2 Å². The Hall–Kier alpha value is -4.30. The van der Waals surface area contributed by atoms with Gasteiger partial charge in [0, 0.05) is 43.2 Å². The van der Waals surface area contributed by atoms with Crippen LogP contribution in [0.1, 0.15) is 113 Å². The van der Waals surface area contributed by atoms with Crippen LogP contribution >= 0.6 is 0 Å². The predicted molar refractivity (Wildman–Crippen MR) is 216 cm³/mol. The van der Waals surface area contributed by atoms with E-state index >= 15 is 0 Å². The van der Waals surface area contributed by atoms with Crippen LogP contribution in [0.15, 0.2) is 72.8 Å². The van der Waals surface area contributed by atoms with Crippen molar-refractivity contribution in [2.24, 2.45) is 5.92 Å². The molecular formula is C46H57F3N4O6. The Bertz CT molecular complexity index is 1930. The molecule has 3 saturated heterocycles. The maximum atomic E-state index is 13.8. The smallest absolute Gasteiger partial charge is 0.392 e. The zero-order valence-corrected chi connectivity index (χ0v) is 34.2. The monoisotopic (exact) mass is 818 g/mol. The molecule has 0 aromatic heterocycles. The normalized spacial score (nSPS) is 26.6. The van der Waals surface area contributed by atoms with Crippen molar-refractivity contribution in [3.63, 3.8) is 0 Å². The summed E-state index contributed by atoms with van der Waals surface area (Å²) in [4.78, 5) is 41.7. The molecule has 0 unspecified atom stereocenters. The molecule has 3 aliphatic heterocycles. The standard InChI is InChI=1S/C46H57F3N4O6/c1-45(2,3)51-42(56)39-22-21-32-9-4-5-11-37(32)53(39)27-36-25-40(33-15-13-29(28-54)14-16-33)59-43(58-36)34-19-17-31(18-20-34)35-10-6-8-30(24-35)26-50-41(55)38-12-7-23-52(38)44(57)46(47,48)49/h6,8,10,13-20,24,32,36-40,43,54H,4-5,7,9,11-12,21-23,25-28H2,1-3H3,(H,50,55)(H,51,56)/t32-,36+,37-,38+,39-,40-,43-/m1/s1. The largest absolute Gasteiger partial charge is 0.471 e. The third-order valence-corrected chi connectivity index (χ3v) is 12.3. The van der Waals surface area contributed by atoms with Gasteiger partial charge in [-0.15, -0.1) is 0 Å². The fraction of sp³-hybridized carbons (Fsp3) is 0.543. The van der Waals surface area contributed by atoms with Crippen LogP contribution in [0.25, 0.3) is 11.1 Å². The Morgan fingerprint density at radius 1 is 0.780 bits per heavy atom. The number of nitrogens with zero attached hydrogens (tertiary/aromatic N) is 2. The first-order chi connectivity index (χ1) is 28.2. The highest BCUT2D eigenvalue weighted by Gasteiger charge is 2.48. The van der Waals surface area contributed by atoms with Crippen molar-refractivity contribution in [3.8, 4) is 11.1 Å². The Kier molecular flexibility index (Phi) is 13.2. The van der Waals surface area contributed by atoms with Gasteiger partial charge in [-0.05, 0) is 99.1 Å². The third-order valence-electron chi connectivity index (χ3n) is 12.3. The lowest BCUT2D eigenvalue weighted by atomic mass is 9.75. The van der Waals surface area contributed by atoms with Crippen LogP contribution in [0, 0.1) is 5.92 Å². The van der Waals surface area contributed by atoms with Crippen molar-refractivity contribution in [2.75, 3.05) is 13.1 Å². The van der Waals surface area contributed by atoms with Crippen molar-refractivity contribution >= 4 is 17.7 Å². The molecule has 7 rings (SSSR count). The summed E-state index contributed by atoms with van der Waals surface area (Å²) in [5, 5.41) is 15.7. The van der Waals surface area contributed by atoms with Crippen LogP contribution in [0.4, 0.5) is 13.2 Å². The average molecular weight is 819 g/mol. The number of alkyl halides is 3. The molecular weight excluding hydrogens is 762 g/mol. The van der Waals surface area contributed by atoms with Gasteiger partial charge in [0.2, 0.25) is 11.8 Å². The molecule has 4 fully saturated rings. The number of hydrogen-bond donors (Lipinski definition) is 3. The molecule has 3 heterocycles. The minimum absolute atomic E-state index is 0.0493. The van der Waals surface area contributed by atoms with E-state index in [2.05, 4.69) is 15.5 Å². The van der Waals surface area contributed by atoms with E-state index in [0.717, 1.165) is 59.1 Å². The molecule has 1 aliphatic carbocycles. The van der Waals surface area contributed by atoms with Gasteiger partial charge in [-0.1, -0.05) is 79.6 Å². The van der Waals surface area contributed by atoms with Gasteiger partial charge < -0.3 is 30.1 Å². The molecule has 3 aromatic carbocycles. The van der Waals surface area contributed by atoms with Gasteiger partial charge in [-0.2, -0.15) is 13.2 Å². The van der Waals surface area contributed by atoms with Crippen molar-refractivity contribution in [2.45, 2.75) is 140 Å². The summed E-state index contributed by atoms with van der Waals surface area (Å²) < 4.78 is 52.8. The number of benzene rings is 3. The number of nitrogens with one attached hydrogen (secondary N) is 2. The third kappa shape index (κ3) is 10.4. The van der Waals surface area contributed by atoms with Gasteiger partial charge in [-0.25, -0.2) is 0 Å². The fourth-order valence-corrected chi connectivity index (χ4v) is 9.44. The van der Waals surface area contributed by atoms with Gasteiger partial charge in [0.25, 0.3) is 0 Å². The first-order valence-corrected chi connectivity index (χ1v) is 21.1. The lowest BCUT2D eigenvalue weighted by molar-refractivity contribution is -0.255. The lowest BCUT2D eigenvalue weighted by Crippen LogP contribution is -2.61. The maximum Gasteiger partial charge on any atom is 0.471 e. The molecule has 0 bridgehead atoms. The van der Waals surface area contributed by atoms with Crippen molar-refractivity contribution in [1.29, 1.82) is 0 Å². The van der Waals surface area contributed by atoms with Crippen LogP contribution in [0.3, 0.4) is 0 Å². The van der Waals surface area contributed by atoms with Gasteiger partial charge in [0.05, 0.1) is 24.9 Å². The number of fused-ring (bicyclic) bond motifs is 1. The van der Waals surface area contributed by atoms with E-state index < -0.39 is 30.3 Å². The first kappa shape index (κ1) is 42.8. The Balaban J connectivity index is 1.07. The highest BCUT2D eigenvalue weighted by atomic mass is 19.4. The molecule has 3 N–H and O–H groups in total. The van der Waals surface area contributed by atoms with E-state index in [1.165, 1.54) is 12.8 Å². The summed E-state index contributed by atoms with van der Waals surface area (Å²) in [6, 6.07) is 22.2. The van der Waals surface area contributed by atoms with Crippen LogP contribution in [0.2, 0.25) is 0 Å². The SMILES string of the molecule is CC(C)(C)NC(=O)[C@H]1CC[C@H]2CCCC[C@H]2N1C[C@@H]1C[C@H](c2ccc(CO)cc2)O[C@H](c2ccc(-c3cccc(CNC(=O)[C@@H]4CCCN4C(=O)C(F)(F)F)c3)cc2)O1. The molecule has 10 nitrogen and oxygen atoms in total. The average Bonchev–Trinajstić information content (AvgIpc) is 3.72. The molecule has 1 saturated carbocycles. The molecule has 0 radical (unpaired) electrons. The zero-order valence-electron chi connectivity index (χ0n) is 34.2. The molecule has 59 heavy (non-hydrogen) atoms. The summed E-state index contributed by atoms with van der Waals surface area (Å²) in [5.41, 5.74) is 4.86.